The molecule has 0 bridgehead atoms. The number of anilines is 1. The number of amides is 1. The van der Waals surface area contributed by atoms with Gasteiger partial charge in [0.05, 0.1) is 5.56 Å². The Hall–Kier alpha value is -2.04. The minimum absolute atomic E-state index is 0.0333. The van der Waals surface area contributed by atoms with Crippen molar-refractivity contribution in [2.75, 3.05) is 12.3 Å². The second-order valence-electron chi connectivity index (χ2n) is 3.62. The highest BCUT2D eigenvalue weighted by atomic mass is 16.1. The van der Waals surface area contributed by atoms with E-state index in [0.29, 0.717) is 23.6 Å². The number of fused-ring (bicyclic) bond motifs is 3. The number of pyridine rings is 1. The number of nitrogens with two attached hydrogens (primary N) is 1. The number of rotatable bonds is 0. The van der Waals surface area contributed by atoms with Gasteiger partial charge in [0.25, 0.3) is 5.91 Å². The third-order valence-electron chi connectivity index (χ3n) is 2.64. The van der Waals surface area contributed by atoms with Crippen LogP contribution in [0.3, 0.4) is 0 Å². The molecule has 0 fully saturated rings. The summed E-state index contributed by atoms with van der Waals surface area (Å²) >= 11 is 0. The molecular formula is C10H10N4O. The van der Waals surface area contributed by atoms with E-state index in [1.54, 1.807) is 6.07 Å². The first-order chi connectivity index (χ1) is 7.25. The normalized spacial score (nSPS) is 15.1. The molecule has 15 heavy (non-hydrogen) atoms. The molecule has 5 heteroatoms. The molecular weight excluding hydrogens is 192 g/mol. The lowest BCUT2D eigenvalue weighted by Crippen LogP contribution is -2.31. The molecule has 4 N–H and O–H groups in total. The van der Waals surface area contributed by atoms with Gasteiger partial charge in [0, 0.05) is 24.0 Å². The maximum atomic E-state index is 11.7. The molecule has 0 aromatic carbocycles. The lowest BCUT2D eigenvalue weighted by Gasteiger charge is -2.11. The lowest BCUT2D eigenvalue weighted by molar-refractivity contribution is 0.0947. The van der Waals surface area contributed by atoms with Crippen molar-refractivity contribution in [1.82, 2.24) is 15.3 Å². The molecule has 0 unspecified atom stereocenters. The highest BCUT2D eigenvalue weighted by Gasteiger charge is 2.22. The van der Waals surface area contributed by atoms with Crippen molar-refractivity contribution in [1.29, 1.82) is 0 Å². The Bertz CT molecular complexity index is 558. The first kappa shape index (κ1) is 8.28. The molecule has 0 spiro atoms. The van der Waals surface area contributed by atoms with Gasteiger partial charge in [-0.1, -0.05) is 0 Å². The van der Waals surface area contributed by atoms with E-state index in [0.717, 1.165) is 17.5 Å². The quantitative estimate of drug-likeness (QED) is 0.579. The van der Waals surface area contributed by atoms with Crippen LogP contribution in [0, 0.1) is 0 Å². The summed E-state index contributed by atoms with van der Waals surface area (Å²) in [6.07, 6.45) is 0.817. The number of carbonyl (C=O) groups excluding carboxylic acids is 1. The Labute approximate surface area is 85.7 Å². The molecule has 0 radical (unpaired) electrons. The van der Waals surface area contributed by atoms with E-state index in [-0.39, 0.29) is 5.91 Å². The second-order valence-corrected chi connectivity index (χ2v) is 3.62. The van der Waals surface area contributed by atoms with Gasteiger partial charge >= 0.3 is 0 Å². The summed E-state index contributed by atoms with van der Waals surface area (Å²) in [6.45, 7) is 0.675. The number of carbonyl (C=O) groups is 1. The van der Waals surface area contributed by atoms with Crippen molar-refractivity contribution in [3.8, 4) is 0 Å². The van der Waals surface area contributed by atoms with Crippen LogP contribution in [-0.4, -0.2) is 22.4 Å². The highest BCUT2D eigenvalue weighted by molar-refractivity contribution is 6.08. The van der Waals surface area contributed by atoms with E-state index < -0.39 is 0 Å². The summed E-state index contributed by atoms with van der Waals surface area (Å²) in [5.74, 6) is 0.426. The SMILES string of the molecule is Nc1ccc2c3c([nH]c2n1)CCNC3=O. The van der Waals surface area contributed by atoms with Gasteiger partial charge in [-0.2, -0.15) is 0 Å². The van der Waals surface area contributed by atoms with Crippen molar-refractivity contribution in [2.24, 2.45) is 0 Å². The van der Waals surface area contributed by atoms with Crippen LogP contribution < -0.4 is 11.1 Å². The largest absolute Gasteiger partial charge is 0.384 e. The van der Waals surface area contributed by atoms with Crippen molar-refractivity contribution in [3.63, 3.8) is 0 Å². The highest BCUT2D eigenvalue weighted by Crippen LogP contribution is 2.24. The molecule has 2 aromatic rings. The molecule has 0 saturated heterocycles. The number of hydrogen-bond acceptors (Lipinski definition) is 3. The van der Waals surface area contributed by atoms with Gasteiger partial charge < -0.3 is 16.0 Å². The third kappa shape index (κ3) is 1.09. The number of nitrogens with zero attached hydrogens (tertiary/aromatic N) is 1. The van der Waals surface area contributed by atoms with Crippen LogP contribution >= 0.6 is 0 Å². The standard InChI is InChI=1S/C10H10N4O/c11-7-2-1-5-8-6(13-9(5)14-7)3-4-12-10(8)15/h1-2H,3-4H2,(H,12,15)(H3,11,13,14). The van der Waals surface area contributed by atoms with Crippen LogP contribution in [-0.2, 0) is 6.42 Å². The number of aromatic nitrogens is 2. The molecule has 1 amide bonds. The fraction of sp³-hybridized carbons (Fsp3) is 0.200. The summed E-state index contributed by atoms with van der Waals surface area (Å²) in [5, 5.41) is 3.66. The van der Waals surface area contributed by atoms with E-state index >= 15 is 0 Å². The van der Waals surface area contributed by atoms with Crippen LogP contribution in [0.2, 0.25) is 0 Å². The first-order valence-corrected chi connectivity index (χ1v) is 4.81. The molecule has 0 aliphatic carbocycles. The summed E-state index contributed by atoms with van der Waals surface area (Å²) in [7, 11) is 0. The third-order valence-corrected chi connectivity index (χ3v) is 2.64. The summed E-state index contributed by atoms with van der Waals surface area (Å²) in [4.78, 5) is 18.9. The second kappa shape index (κ2) is 2.73. The van der Waals surface area contributed by atoms with E-state index in [2.05, 4.69) is 15.3 Å². The van der Waals surface area contributed by atoms with Crippen molar-refractivity contribution in [3.05, 3.63) is 23.4 Å². The van der Waals surface area contributed by atoms with Crippen molar-refractivity contribution < 1.29 is 4.79 Å². The molecule has 0 saturated carbocycles. The van der Waals surface area contributed by atoms with Crippen LogP contribution in [0.5, 0.6) is 0 Å². The monoisotopic (exact) mass is 202 g/mol. The van der Waals surface area contributed by atoms with Crippen LogP contribution in [0.1, 0.15) is 16.1 Å². The van der Waals surface area contributed by atoms with E-state index in [1.165, 1.54) is 0 Å². The van der Waals surface area contributed by atoms with E-state index in [4.69, 9.17) is 5.73 Å². The van der Waals surface area contributed by atoms with Gasteiger partial charge in [-0.05, 0) is 12.1 Å². The molecule has 1 aliphatic rings. The molecule has 5 nitrogen and oxygen atoms in total. The molecule has 3 rings (SSSR count). The Balaban J connectivity index is 2.36. The predicted molar refractivity (Wildman–Crippen MR) is 56.5 cm³/mol. The summed E-state index contributed by atoms with van der Waals surface area (Å²) in [5.41, 5.74) is 7.94. The molecule has 2 aromatic heterocycles. The average molecular weight is 202 g/mol. The van der Waals surface area contributed by atoms with Crippen molar-refractivity contribution >= 4 is 22.8 Å². The van der Waals surface area contributed by atoms with Gasteiger partial charge in [-0.15, -0.1) is 0 Å². The topological polar surface area (TPSA) is 83.8 Å². The molecule has 3 heterocycles. The number of H-pyrrole nitrogens is 1. The Morgan fingerprint density at radius 1 is 1.40 bits per heavy atom. The zero-order chi connectivity index (χ0) is 10.4. The van der Waals surface area contributed by atoms with Crippen LogP contribution in [0.25, 0.3) is 11.0 Å². The number of nitrogen functional groups attached to an aromatic ring is 1. The summed E-state index contributed by atoms with van der Waals surface area (Å²) < 4.78 is 0. The number of aromatic amines is 1. The Kier molecular flexibility index (Phi) is 1.50. The van der Waals surface area contributed by atoms with E-state index in [9.17, 15) is 4.79 Å². The lowest BCUT2D eigenvalue weighted by atomic mass is 10.1. The smallest absolute Gasteiger partial charge is 0.253 e. The average Bonchev–Trinajstić information content (AvgIpc) is 2.56. The first-order valence-electron chi connectivity index (χ1n) is 4.81. The maximum absolute atomic E-state index is 11.7. The van der Waals surface area contributed by atoms with E-state index in [1.807, 2.05) is 6.07 Å². The van der Waals surface area contributed by atoms with Crippen molar-refractivity contribution in [2.45, 2.75) is 6.42 Å². The van der Waals surface area contributed by atoms with Gasteiger partial charge in [0.2, 0.25) is 0 Å². The van der Waals surface area contributed by atoms with Crippen LogP contribution in [0.15, 0.2) is 12.1 Å². The predicted octanol–water partition coefficient (Wildman–Crippen LogP) is 0.431. The summed E-state index contributed by atoms with van der Waals surface area (Å²) in [6, 6.07) is 3.54. The fourth-order valence-electron chi connectivity index (χ4n) is 1.98. The van der Waals surface area contributed by atoms with Gasteiger partial charge in [0.1, 0.15) is 11.5 Å². The van der Waals surface area contributed by atoms with Gasteiger partial charge in [-0.3, -0.25) is 4.79 Å². The zero-order valence-corrected chi connectivity index (χ0v) is 8.00. The number of hydrogen-bond donors (Lipinski definition) is 3. The number of nitrogens with one attached hydrogen (secondary N) is 2. The Morgan fingerprint density at radius 2 is 2.27 bits per heavy atom. The fourth-order valence-corrected chi connectivity index (χ4v) is 1.98. The Morgan fingerprint density at radius 3 is 3.13 bits per heavy atom. The zero-order valence-electron chi connectivity index (χ0n) is 8.00. The van der Waals surface area contributed by atoms with Crippen LogP contribution in [0.4, 0.5) is 5.82 Å². The minimum Gasteiger partial charge on any atom is -0.384 e. The van der Waals surface area contributed by atoms with Gasteiger partial charge in [-0.25, -0.2) is 4.98 Å². The minimum atomic E-state index is -0.0333. The molecule has 1 aliphatic heterocycles. The van der Waals surface area contributed by atoms with Gasteiger partial charge in [0.15, 0.2) is 0 Å². The maximum Gasteiger partial charge on any atom is 0.253 e. The molecule has 76 valence electrons. The molecule has 0 atom stereocenters.